The van der Waals surface area contributed by atoms with Crippen LogP contribution in [0.1, 0.15) is 20.8 Å². The third-order valence-electron chi connectivity index (χ3n) is 3.01. The quantitative estimate of drug-likeness (QED) is 0.190. The van der Waals surface area contributed by atoms with E-state index in [4.69, 9.17) is 14.6 Å². The van der Waals surface area contributed by atoms with E-state index >= 15 is 0 Å². The number of aliphatic hydroxyl groups is 6. The highest BCUT2D eigenvalue weighted by atomic mass is 16.7. The number of hydrogen-bond donors (Lipinski definition) is 7. The Labute approximate surface area is 134 Å². The maximum atomic E-state index is 11.1. The van der Waals surface area contributed by atoms with Gasteiger partial charge in [-0.15, -0.1) is 0 Å². The molecule has 7 N–H and O–H groups in total. The van der Waals surface area contributed by atoms with Crippen molar-refractivity contribution >= 4 is 5.91 Å². The molecule has 0 aromatic rings. The predicted molar refractivity (Wildman–Crippen MR) is 76.9 cm³/mol. The lowest BCUT2D eigenvalue weighted by molar-refractivity contribution is -0.283. The van der Waals surface area contributed by atoms with Crippen LogP contribution < -0.4 is 5.32 Å². The number of amides is 1. The summed E-state index contributed by atoms with van der Waals surface area (Å²) < 4.78 is 10.1. The Balaban J connectivity index is 4.81. The Morgan fingerprint density at radius 1 is 1.09 bits per heavy atom. The van der Waals surface area contributed by atoms with Crippen LogP contribution in [-0.2, 0) is 14.3 Å². The van der Waals surface area contributed by atoms with Crippen LogP contribution in [0, 0.1) is 0 Å². The summed E-state index contributed by atoms with van der Waals surface area (Å²) in [5, 5.41) is 58.4. The van der Waals surface area contributed by atoms with Gasteiger partial charge in [0.05, 0.1) is 31.5 Å². The van der Waals surface area contributed by atoms with Crippen molar-refractivity contribution in [2.75, 3.05) is 13.2 Å². The van der Waals surface area contributed by atoms with E-state index in [-0.39, 0.29) is 0 Å². The number of carbonyl (C=O) groups is 1. The van der Waals surface area contributed by atoms with Gasteiger partial charge >= 0.3 is 0 Å². The molecular weight excluding hydrogens is 314 g/mol. The van der Waals surface area contributed by atoms with E-state index < -0.39 is 62.2 Å². The van der Waals surface area contributed by atoms with Crippen LogP contribution in [0.3, 0.4) is 0 Å². The van der Waals surface area contributed by atoms with E-state index in [0.29, 0.717) is 0 Å². The van der Waals surface area contributed by atoms with Crippen molar-refractivity contribution in [1.82, 2.24) is 5.32 Å². The van der Waals surface area contributed by atoms with Crippen molar-refractivity contribution in [2.24, 2.45) is 0 Å². The number of aliphatic hydroxyl groups excluding tert-OH is 5. The highest BCUT2D eigenvalue weighted by molar-refractivity contribution is 5.73. The minimum atomic E-state index is -2.09. The van der Waals surface area contributed by atoms with Crippen molar-refractivity contribution < 1.29 is 44.9 Å². The highest BCUT2D eigenvalue weighted by Gasteiger charge is 2.30. The van der Waals surface area contributed by atoms with Gasteiger partial charge in [-0.2, -0.15) is 0 Å². The molecule has 1 amide bonds. The molecule has 0 bridgehead atoms. The largest absolute Gasteiger partial charge is 0.394 e. The average molecular weight is 341 g/mol. The second kappa shape index (κ2) is 10.8. The second-order valence-electron chi connectivity index (χ2n) is 5.25. The molecule has 138 valence electrons. The first-order valence-corrected chi connectivity index (χ1v) is 7.15. The molecule has 10 nitrogen and oxygen atoms in total. The minimum absolute atomic E-state index is 0.411. The summed E-state index contributed by atoms with van der Waals surface area (Å²) in [5.74, 6) is -0.488. The van der Waals surface area contributed by atoms with Gasteiger partial charge in [0, 0.05) is 6.92 Å². The smallest absolute Gasteiger partial charge is 0.217 e. The van der Waals surface area contributed by atoms with Crippen LogP contribution in [0.15, 0.2) is 0 Å². The average Bonchev–Trinajstić information content (AvgIpc) is 2.43. The molecule has 0 aromatic carbocycles. The summed E-state index contributed by atoms with van der Waals surface area (Å²) in [7, 11) is 0. The molecular formula is C13H27NO9. The van der Waals surface area contributed by atoms with E-state index in [9.17, 15) is 30.3 Å². The van der Waals surface area contributed by atoms with Crippen LogP contribution >= 0.6 is 0 Å². The van der Waals surface area contributed by atoms with Gasteiger partial charge < -0.3 is 45.4 Å². The summed E-state index contributed by atoms with van der Waals surface area (Å²) in [6.45, 7) is 2.84. The van der Waals surface area contributed by atoms with E-state index in [1.807, 2.05) is 0 Å². The van der Waals surface area contributed by atoms with Crippen LogP contribution in [0.2, 0.25) is 0 Å². The Kier molecular flexibility index (Phi) is 10.4. The van der Waals surface area contributed by atoms with Gasteiger partial charge in [-0.3, -0.25) is 4.79 Å². The first-order valence-electron chi connectivity index (χ1n) is 7.15. The zero-order chi connectivity index (χ0) is 18.2. The van der Waals surface area contributed by atoms with E-state index in [0.717, 1.165) is 0 Å². The van der Waals surface area contributed by atoms with Crippen LogP contribution in [0.25, 0.3) is 0 Å². The standard InChI is InChI=1S/C13H27NO9/c1-6(16)10(4-15)23-13(12(20)21)22-5-9(14-8(3)18)11(19)7(2)17/h6-7,9-13,15-17,19-21H,4-5H2,1-3H3,(H,14,18)/t6-,7-,9+,10?,11-,13?/m1/s1. The lowest BCUT2D eigenvalue weighted by Crippen LogP contribution is -2.51. The zero-order valence-corrected chi connectivity index (χ0v) is 13.4. The number of hydrogen-bond acceptors (Lipinski definition) is 9. The monoisotopic (exact) mass is 341 g/mol. The van der Waals surface area contributed by atoms with E-state index in [1.165, 1.54) is 20.8 Å². The van der Waals surface area contributed by atoms with Crippen molar-refractivity contribution in [3.8, 4) is 0 Å². The number of carbonyl (C=O) groups excluding carboxylic acids is 1. The van der Waals surface area contributed by atoms with Crippen molar-refractivity contribution in [1.29, 1.82) is 0 Å². The van der Waals surface area contributed by atoms with Crippen LogP contribution in [0.4, 0.5) is 0 Å². The van der Waals surface area contributed by atoms with Crippen molar-refractivity contribution in [3.05, 3.63) is 0 Å². The molecule has 23 heavy (non-hydrogen) atoms. The SMILES string of the molecule is CC(=O)N[C@@H](COC(OC(CO)[C@@H](C)O)C(O)O)[C@H](O)[C@@H](C)O. The Hall–Kier alpha value is -0.850. The van der Waals surface area contributed by atoms with Gasteiger partial charge in [0.15, 0.2) is 0 Å². The molecule has 0 aliphatic carbocycles. The molecule has 0 aliphatic rings. The second-order valence-corrected chi connectivity index (χ2v) is 5.25. The Morgan fingerprint density at radius 2 is 1.65 bits per heavy atom. The van der Waals surface area contributed by atoms with Crippen LogP contribution in [0.5, 0.6) is 0 Å². The lowest BCUT2D eigenvalue weighted by Gasteiger charge is -2.30. The first-order chi connectivity index (χ1) is 10.6. The Bertz CT molecular complexity index is 337. The van der Waals surface area contributed by atoms with Gasteiger partial charge in [-0.1, -0.05) is 0 Å². The minimum Gasteiger partial charge on any atom is -0.394 e. The zero-order valence-electron chi connectivity index (χ0n) is 13.4. The highest BCUT2D eigenvalue weighted by Crippen LogP contribution is 2.10. The molecule has 0 saturated carbocycles. The summed E-state index contributed by atoms with van der Waals surface area (Å²) in [4.78, 5) is 11.1. The molecule has 0 heterocycles. The van der Waals surface area contributed by atoms with Gasteiger partial charge in [0.25, 0.3) is 0 Å². The molecule has 0 saturated heterocycles. The molecule has 0 aromatic heterocycles. The van der Waals surface area contributed by atoms with E-state index in [2.05, 4.69) is 5.32 Å². The summed E-state index contributed by atoms with van der Waals surface area (Å²) >= 11 is 0. The van der Waals surface area contributed by atoms with Gasteiger partial charge in [-0.05, 0) is 13.8 Å². The molecule has 0 radical (unpaired) electrons. The fraction of sp³-hybridized carbons (Fsp3) is 0.923. The lowest BCUT2D eigenvalue weighted by atomic mass is 10.1. The number of ether oxygens (including phenoxy) is 2. The summed E-state index contributed by atoms with van der Waals surface area (Å²) in [6.07, 6.45) is -8.48. The number of rotatable bonds is 11. The molecule has 6 atom stereocenters. The molecule has 0 fully saturated rings. The van der Waals surface area contributed by atoms with Crippen molar-refractivity contribution in [2.45, 2.75) is 63.8 Å². The molecule has 2 unspecified atom stereocenters. The fourth-order valence-electron chi connectivity index (χ4n) is 1.70. The molecule has 10 heteroatoms. The van der Waals surface area contributed by atoms with Gasteiger partial charge in [-0.25, -0.2) is 0 Å². The topological polar surface area (TPSA) is 169 Å². The van der Waals surface area contributed by atoms with Crippen LogP contribution in [-0.4, -0.2) is 92.8 Å². The summed E-state index contributed by atoms with van der Waals surface area (Å²) in [5.41, 5.74) is 0. The summed E-state index contributed by atoms with van der Waals surface area (Å²) in [6, 6.07) is -1.03. The van der Waals surface area contributed by atoms with Gasteiger partial charge in [0.1, 0.15) is 12.2 Å². The predicted octanol–water partition coefficient (Wildman–Crippen LogP) is -3.36. The molecule has 0 spiro atoms. The third kappa shape index (κ3) is 8.53. The third-order valence-corrected chi connectivity index (χ3v) is 3.01. The molecule has 0 aliphatic heterocycles. The van der Waals surface area contributed by atoms with Gasteiger partial charge in [0.2, 0.25) is 18.5 Å². The van der Waals surface area contributed by atoms with E-state index in [1.54, 1.807) is 0 Å². The first kappa shape index (κ1) is 22.1. The van der Waals surface area contributed by atoms with Crippen molar-refractivity contribution in [3.63, 3.8) is 0 Å². The fourth-order valence-corrected chi connectivity index (χ4v) is 1.70. The maximum Gasteiger partial charge on any atom is 0.217 e. The molecule has 0 rings (SSSR count). The maximum absolute atomic E-state index is 11.1. The Morgan fingerprint density at radius 3 is 2.00 bits per heavy atom. The number of nitrogens with one attached hydrogen (secondary N) is 1. The normalized spacial score (nSPS) is 19.7.